The first kappa shape index (κ1) is 74.5. The van der Waals surface area contributed by atoms with Gasteiger partial charge in [-0.1, -0.05) is 136 Å². The van der Waals surface area contributed by atoms with Crippen LogP contribution in [0.1, 0.15) is 146 Å². The van der Waals surface area contributed by atoms with Crippen LogP contribution in [0.3, 0.4) is 0 Å². The van der Waals surface area contributed by atoms with Crippen molar-refractivity contribution in [1.29, 1.82) is 0 Å². The number of amides is 13. The Morgan fingerprint density at radius 1 is 0.478 bits per heavy atom. The molecule has 498 valence electrons. The second kappa shape index (κ2) is 36.0. The third-order valence-corrected chi connectivity index (χ3v) is 15.9. The summed E-state index contributed by atoms with van der Waals surface area (Å²) in [6.45, 7) is 20.9. The van der Waals surface area contributed by atoms with Crippen LogP contribution in [0, 0.1) is 29.6 Å². The number of likely N-dealkylation sites (N-methyl/N-ethyl adjacent to an activating group) is 1. The van der Waals surface area contributed by atoms with Gasteiger partial charge in [0.25, 0.3) is 17.7 Å². The number of imide groups is 1. The zero-order chi connectivity index (χ0) is 67.1. The number of carbonyl (C=O) groups is 12. The smallest absolute Gasteiger partial charge is 0.322 e. The SMILES string of the molecule is CC[C@H](C)[C@@H]1NC(=O)[C@H](Cc2ccccc2)NC(=O)[C@H](CC(C)C)NC(=O)[C@H](CC(C)C)NC(=O)[C@H](C)NC(=O)[C@@H](C(=O)N2CCCCC2)NC(=O)[C@H](CC(C)C)N(C)C(=O)[C@H](Cc2ccccc2)NC(=O)[C@H](CC(C)C)NC(=O)NC(=O)[C@H](C(C)O)NC1=O. The summed E-state index contributed by atoms with van der Waals surface area (Å²) in [6.07, 6.45) is 0.627. The van der Waals surface area contributed by atoms with Crippen molar-refractivity contribution in [2.45, 2.75) is 214 Å². The van der Waals surface area contributed by atoms with E-state index in [9.17, 15) is 57.8 Å². The molecule has 1 unspecified atom stereocenters. The molecule has 0 bridgehead atoms. The number of benzene rings is 2. The first-order valence-electron chi connectivity index (χ1n) is 31.8. The van der Waals surface area contributed by atoms with Crippen LogP contribution in [0.15, 0.2) is 60.7 Å². The molecule has 12 atom stereocenters. The second-order valence-corrected chi connectivity index (χ2v) is 25.8. The number of piperidine rings is 1. The summed E-state index contributed by atoms with van der Waals surface area (Å²) in [4.78, 5) is 176. The quantitative estimate of drug-likeness (QED) is 0.107. The van der Waals surface area contributed by atoms with E-state index < -0.39 is 143 Å². The maximum absolute atomic E-state index is 15.0. The molecular formula is C65H100N12O13. The fourth-order valence-electron chi connectivity index (χ4n) is 10.7. The van der Waals surface area contributed by atoms with Crippen molar-refractivity contribution >= 4 is 71.0 Å². The van der Waals surface area contributed by atoms with Gasteiger partial charge in [-0.3, -0.25) is 58.1 Å². The van der Waals surface area contributed by atoms with Crippen LogP contribution in [0.25, 0.3) is 0 Å². The van der Waals surface area contributed by atoms with Gasteiger partial charge >= 0.3 is 6.03 Å². The van der Waals surface area contributed by atoms with E-state index in [1.54, 1.807) is 102 Å². The summed E-state index contributed by atoms with van der Waals surface area (Å²) in [7, 11) is 1.35. The highest BCUT2D eigenvalue weighted by molar-refractivity contribution is 6.09. The summed E-state index contributed by atoms with van der Waals surface area (Å²) >= 11 is 0. The minimum atomic E-state index is -1.91. The highest BCUT2D eigenvalue weighted by Crippen LogP contribution is 2.19. The Labute approximate surface area is 530 Å². The maximum atomic E-state index is 15.0. The van der Waals surface area contributed by atoms with Gasteiger partial charge in [0.1, 0.15) is 54.4 Å². The topological polar surface area (TPSA) is 352 Å². The van der Waals surface area contributed by atoms with Gasteiger partial charge in [-0.05, 0) is 99.5 Å². The van der Waals surface area contributed by atoms with Gasteiger partial charge in [-0.25, -0.2) is 4.79 Å². The van der Waals surface area contributed by atoms with E-state index in [-0.39, 0.29) is 75.3 Å². The molecule has 0 saturated carbocycles. The lowest BCUT2D eigenvalue weighted by molar-refractivity contribution is -0.147. The molecule has 13 amide bonds. The van der Waals surface area contributed by atoms with Crippen molar-refractivity contribution in [1.82, 2.24) is 63.0 Å². The molecule has 2 saturated heterocycles. The number of nitrogens with zero attached hydrogens (tertiary/aromatic N) is 2. The molecule has 2 aliphatic heterocycles. The van der Waals surface area contributed by atoms with E-state index in [2.05, 4.69) is 53.2 Å². The number of hydrogen-bond acceptors (Lipinski definition) is 13. The molecule has 0 aliphatic carbocycles. The minimum Gasteiger partial charge on any atom is -0.391 e. The Kier molecular flexibility index (Phi) is 29.8. The Morgan fingerprint density at radius 3 is 1.39 bits per heavy atom. The van der Waals surface area contributed by atoms with Crippen molar-refractivity contribution in [3.05, 3.63) is 71.8 Å². The second-order valence-electron chi connectivity index (χ2n) is 25.8. The molecule has 2 heterocycles. The van der Waals surface area contributed by atoms with Gasteiger partial charge in [-0.2, -0.15) is 0 Å². The number of aliphatic hydroxyl groups excluding tert-OH is 1. The zero-order valence-electron chi connectivity index (χ0n) is 54.7. The molecule has 2 fully saturated rings. The fraction of sp³-hybridized carbons (Fsp3) is 0.631. The molecule has 0 spiro atoms. The third-order valence-electron chi connectivity index (χ3n) is 15.9. The van der Waals surface area contributed by atoms with E-state index in [1.807, 2.05) is 27.7 Å². The van der Waals surface area contributed by atoms with Crippen LogP contribution < -0.4 is 53.2 Å². The molecule has 4 rings (SSSR count). The Bertz CT molecular complexity index is 2780. The van der Waals surface area contributed by atoms with Gasteiger partial charge in [0.2, 0.25) is 47.3 Å². The van der Waals surface area contributed by atoms with Gasteiger partial charge in [0.15, 0.2) is 6.04 Å². The van der Waals surface area contributed by atoms with E-state index in [0.29, 0.717) is 30.4 Å². The van der Waals surface area contributed by atoms with Crippen molar-refractivity contribution in [2.75, 3.05) is 20.1 Å². The summed E-state index contributed by atoms with van der Waals surface area (Å²) in [6, 6.07) is 1.48. The lowest BCUT2D eigenvalue weighted by Gasteiger charge is -2.34. The minimum absolute atomic E-state index is 0.00491. The molecule has 90 heavy (non-hydrogen) atoms. The van der Waals surface area contributed by atoms with Crippen LogP contribution >= 0.6 is 0 Å². The highest BCUT2D eigenvalue weighted by Gasteiger charge is 2.41. The van der Waals surface area contributed by atoms with Gasteiger partial charge in [0, 0.05) is 33.0 Å². The largest absolute Gasteiger partial charge is 0.391 e. The van der Waals surface area contributed by atoms with E-state index >= 15 is 4.79 Å². The average Bonchev–Trinajstić information content (AvgIpc) is 1.33. The standard InChI is InChI=1S/C65H100N12O13/c1-14-40(10)51-60(85)73-52(42(12)78)61(86)75-65(90)71-47(32-38(6)7)57(82)70-49(35-44-26-20-16-21-27-44)63(88)76(13)50(33-39(8)9)59(84)74-53(64(89)77-28-22-17-23-29-77)62(87)66-41(11)54(79)67-45(30-36(2)3)55(80)68-46(31-37(4)5)56(81)69-48(58(83)72-51)34-43-24-18-15-19-25-43/h15-16,18-21,24-27,36-42,45-53,78H,14,17,22-23,28-35H2,1-13H3,(H,66,87)(H,67,79)(H,68,80)(H,69,81)(H,70,82)(H,72,83)(H,73,85)(H,74,84)(H2,71,75,86,90)/t40-,41-,42?,45-,46-,47-,48-,49-,50-,51-,52-,53-/m0/s1. The van der Waals surface area contributed by atoms with Crippen molar-refractivity contribution in [2.24, 2.45) is 29.6 Å². The maximum Gasteiger partial charge on any atom is 0.322 e. The molecule has 2 aromatic carbocycles. The predicted molar refractivity (Wildman–Crippen MR) is 338 cm³/mol. The summed E-state index contributed by atoms with van der Waals surface area (Å²) in [5, 5.41) is 37.0. The monoisotopic (exact) mass is 1260 g/mol. The van der Waals surface area contributed by atoms with Crippen molar-refractivity contribution < 1.29 is 62.6 Å². The normalized spacial score (nSPS) is 25.9. The molecule has 2 aliphatic rings. The van der Waals surface area contributed by atoms with E-state index in [0.717, 1.165) is 11.3 Å². The lowest BCUT2D eigenvalue weighted by Crippen LogP contribution is -2.64. The van der Waals surface area contributed by atoms with Crippen LogP contribution in [0.2, 0.25) is 0 Å². The number of nitrogens with one attached hydrogen (secondary N) is 10. The molecule has 25 heteroatoms. The van der Waals surface area contributed by atoms with E-state index in [4.69, 9.17) is 0 Å². The first-order valence-corrected chi connectivity index (χ1v) is 31.8. The summed E-state index contributed by atoms with van der Waals surface area (Å²) < 4.78 is 0. The van der Waals surface area contributed by atoms with Gasteiger partial charge in [-0.15, -0.1) is 0 Å². The Hall–Kier alpha value is -7.96. The van der Waals surface area contributed by atoms with Crippen molar-refractivity contribution in [3.63, 3.8) is 0 Å². The summed E-state index contributed by atoms with van der Waals surface area (Å²) in [5.74, 6) is -11.3. The number of hydrogen-bond donors (Lipinski definition) is 11. The lowest BCUT2D eigenvalue weighted by atomic mass is 9.96. The Balaban J connectivity index is 1.89. The van der Waals surface area contributed by atoms with E-state index in [1.165, 1.54) is 25.8 Å². The van der Waals surface area contributed by atoms with Crippen LogP contribution in [-0.2, 0) is 65.6 Å². The molecule has 25 nitrogen and oxygen atoms in total. The molecule has 11 N–H and O–H groups in total. The fourth-order valence-corrected chi connectivity index (χ4v) is 10.7. The third kappa shape index (κ3) is 23.4. The molecule has 0 radical (unpaired) electrons. The summed E-state index contributed by atoms with van der Waals surface area (Å²) in [5.41, 5.74) is 1.21. The van der Waals surface area contributed by atoms with Crippen LogP contribution in [0.5, 0.6) is 0 Å². The number of likely N-dealkylation sites (tertiary alicyclic amines) is 1. The number of urea groups is 1. The number of aliphatic hydroxyl groups is 1. The predicted octanol–water partition coefficient (Wildman–Crippen LogP) is 2.03. The Morgan fingerprint density at radius 2 is 0.911 bits per heavy atom. The molecule has 0 aromatic heterocycles. The average molecular weight is 1260 g/mol. The van der Waals surface area contributed by atoms with Crippen LogP contribution in [0.4, 0.5) is 4.79 Å². The number of rotatable bonds is 16. The highest BCUT2D eigenvalue weighted by atomic mass is 16.3. The number of carbonyl (C=O) groups excluding carboxylic acids is 12. The first-order chi connectivity index (χ1) is 42.4. The van der Waals surface area contributed by atoms with Crippen LogP contribution in [-0.4, -0.2) is 173 Å². The zero-order valence-corrected chi connectivity index (χ0v) is 54.7. The van der Waals surface area contributed by atoms with Crippen molar-refractivity contribution in [3.8, 4) is 0 Å². The van der Waals surface area contributed by atoms with Gasteiger partial charge < -0.3 is 62.8 Å². The molecule has 2 aromatic rings. The molecular weight excluding hydrogens is 1160 g/mol. The van der Waals surface area contributed by atoms with Gasteiger partial charge in [0.05, 0.1) is 6.10 Å².